The molecule has 0 saturated carbocycles. The summed E-state index contributed by atoms with van der Waals surface area (Å²) >= 11 is 0. The van der Waals surface area contributed by atoms with E-state index in [0.717, 1.165) is 6.07 Å². The van der Waals surface area contributed by atoms with Crippen LogP contribution in [0, 0.1) is 0 Å². The molecule has 76 valence electrons. The normalized spacial score (nSPS) is 11.4. The molecular weight excluding hydrogens is 199 g/mol. The van der Waals surface area contributed by atoms with Gasteiger partial charge in [0.25, 0.3) is 0 Å². The number of hydrogen-bond acceptors (Lipinski definition) is 2. The third kappa shape index (κ3) is 1.95. The molecule has 1 aromatic carbocycles. The molecule has 0 heterocycles. The van der Waals surface area contributed by atoms with E-state index < -0.39 is 23.4 Å². The second-order valence-corrected chi connectivity index (χ2v) is 2.59. The van der Waals surface area contributed by atoms with Crippen LogP contribution in [0.1, 0.15) is 15.9 Å². The topological polar surface area (TPSA) is 63.3 Å². The van der Waals surface area contributed by atoms with Gasteiger partial charge in [0.2, 0.25) is 5.91 Å². The number of carbonyl (C=O) groups excluding carboxylic acids is 1. The number of benzene rings is 1. The Bertz CT molecular complexity index is 373. The summed E-state index contributed by atoms with van der Waals surface area (Å²) < 4.78 is 36.3. The largest absolute Gasteiger partial charge is 0.507 e. The first-order chi connectivity index (χ1) is 6.32. The zero-order valence-corrected chi connectivity index (χ0v) is 6.80. The van der Waals surface area contributed by atoms with Crippen molar-refractivity contribution in [2.45, 2.75) is 6.18 Å². The lowest BCUT2D eigenvalue weighted by Crippen LogP contribution is -2.12. The Morgan fingerprint density at radius 2 is 1.93 bits per heavy atom. The average molecular weight is 205 g/mol. The average Bonchev–Trinajstić information content (AvgIpc) is 2.01. The maximum absolute atomic E-state index is 12.1. The first-order valence-corrected chi connectivity index (χ1v) is 3.52. The molecule has 0 fully saturated rings. The molecule has 0 aliphatic heterocycles. The molecule has 6 heteroatoms. The third-order valence-electron chi connectivity index (χ3n) is 1.59. The number of phenols is 1. The van der Waals surface area contributed by atoms with Crippen LogP contribution in [0.5, 0.6) is 5.75 Å². The van der Waals surface area contributed by atoms with E-state index >= 15 is 0 Å². The molecule has 1 aromatic rings. The number of amides is 1. The molecule has 3 N–H and O–H groups in total. The van der Waals surface area contributed by atoms with Crippen molar-refractivity contribution in [3.05, 3.63) is 29.3 Å². The van der Waals surface area contributed by atoms with Gasteiger partial charge in [-0.1, -0.05) is 0 Å². The first-order valence-electron chi connectivity index (χ1n) is 3.52. The molecule has 1 rings (SSSR count). The number of hydrogen-bond donors (Lipinski definition) is 2. The first kappa shape index (κ1) is 10.4. The summed E-state index contributed by atoms with van der Waals surface area (Å²) in [6, 6.07) is 2.20. The van der Waals surface area contributed by atoms with E-state index in [2.05, 4.69) is 0 Å². The Morgan fingerprint density at radius 3 is 2.29 bits per heavy atom. The predicted octanol–water partition coefficient (Wildman–Crippen LogP) is 1.51. The van der Waals surface area contributed by atoms with Gasteiger partial charge in [0, 0.05) is 5.56 Å². The van der Waals surface area contributed by atoms with Crippen molar-refractivity contribution >= 4 is 5.91 Å². The number of primary amides is 1. The van der Waals surface area contributed by atoms with Crippen LogP contribution in [0.2, 0.25) is 0 Å². The van der Waals surface area contributed by atoms with E-state index in [1.165, 1.54) is 0 Å². The van der Waals surface area contributed by atoms with Crippen LogP contribution < -0.4 is 5.73 Å². The van der Waals surface area contributed by atoms with E-state index in [9.17, 15) is 18.0 Å². The Labute approximate surface area is 77.0 Å². The number of phenolic OH excluding ortho intramolecular Hbond substituents is 1. The molecule has 0 aromatic heterocycles. The molecule has 0 atom stereocenters. The fraction of sp³-hybridized carbons (Fsp3) is 0.125. The van der Waals surface area contributed by atoms with E-state index in [1.54, 1.807) is 0 Å². The van der Waals surface area contributed by atoms with E-state index in [0.29, 0.717) is 12.1 Å². The van der Waals surface area contributed by atoms with Gasteiger partial charge in [0.05, 0.1) is 5.56 Å². The summed E-state index contributed by atoms with van der Waals surface area (Å²) in [7, 11) is 0. The van der Waals surface area contributed by atoms with Crippen LogP contribution in [-0.4, -0.2) is 11.0 Å². The Balaban J connectivity index is 3.21. The molecule has 0 radical (unpaired) electrons. The molecule has 14 heavy (non-hydrogen) atoms. The molecular formula is C8H6F3NO2. The highest BCUT2D eigenvalue weighted by molar-refractivity contribution is 5.93. The monoisotopic (exact) mass is 205 g/mol. The van der Waals surface area contributed by atoms with Crippen molar-refractivity contribution in [2.24, 2.45) is 5.73 Å². The van der Waals surface area contributed by atoms with Crippen molar-refractivity contribution in [3.8, 4) is 5.75 Å². The molecule has 0 aliphatic rings. The fourth-order valence-corrected chi connectivity index (χ4v) is 0.925. The standard InChI is InChI=1S/C8H6F3NO2/c9-8(10,11)5-2-1-4(7(12)14)3-6(5)13/h1-3,13H,(H2,12,14). The molecule has 0 unspecified atom stereocenters. The zero-order chi connectivity index (χ0) is 10.9. The van der Waals surface area contributed by atoms with Gasteiger partial charge in [-0.25, -0.2) is 0 Å². The number of rotatable bonds is 1. The van der Waals surface area contributed by atoms with Crippen molar-refractivity contribution in [2.75, 3.05) is 0 Å². The van der Waals surface area contributed by atoms with Gasteiger partial charge in [0.1, 0.15) is 5.75 Å². The summed E-state index contributed by atoms with van der Waals surface area (Å²) in [6.07, 6.45) is -4.64. The highest BCUT2D eigenvalue weighted by atomic mass is 19.4. The van der Waals surface area contributed by atoms with Crippen LogP contribution in [0.25, 0.3) is 0 Å². The van der Waals surface area contributed by atoms with Crippen LogP contribution in [0.15, 0.2) is 18.2 Å². The highest BCUT2D eigenvalue weighted by Crippen LogP contribution is 2.35. The summed E-state index contributed by atoms with van der Waals surface area (Å²) in [6.45, 7) is 0. The lowest BCUT2D eigenvalue weighted by Gasteiger charge is -2.08. The third-order valence-corrected chi connectivity index (χ3v) is 1.59. The van der Waals surface area contributed by atoms with Gasteiger partial charge in [-0.3, -0.25) is 4.79 Å². The minimum atomic E-state index is -4.64. The number of aromatic hydroxyl groups is 1. The Hall–Kier alpha value is -1.72. The minimum Gasteiger partial charge on any atom is -0.507 e. The summed E-state index contributed by atoms with van der Waals surface area (Å²) in [5.41, 5.74) is 3.45. The van der Waals surface area contributed by atoms with E-state index in [4.69, 9.17) is 10.8 Å². The fourth-order valence-electron chi connectivity index (χ4n) is 0.925. The Kier molecular flexibility index (Phi) is 2.37. The summed E-state index contributed by atoms with van der Waals surface area (Å²) in [4.78, 5) is 10.5. The molecule has 0 bridgehead atoms. The molecule has 0 spiro atoms. The second-order valence-electron chi connectivity index (χ2n) is 2.59. The van der Waals surface area contributed by atoms with Crippen molar-refractivity contribution < 1.29 is 23.1 Å². The molecule has 0 aliphatic carbocycles. The van der Waals surface area contributed by atoms with Crippen LogP contribution in [-0.2, 0) is 6.18 Å². The minimum absolute atomic E-state index is 0.171. The van der Waals surface area contributed by atoms with Crippen molar-refractivity contribution in [1.29, 1.82) is 0 Å². The van der Waals surface area contributed by atoms with Gasteiger partial charge in [-0.15, -0.1) is 0 Å². The van der Waals surface area contributed by atoms with Crippen LogP contribution in [0.4, 0.5) is 13.2 Å². The summed E-state index contributed by atoms with van der Waals surface area (Å²) in [5, 5.41) is 8.95. The van der Waals surface area contributed by atoms with Gasteiger partial charge < -0.3 is 10.8 Å². The quantitative estimate of drug-likeness (QED) is 0.729. The summed E-state index contributed by atoms with van der Waals surface area (Å²) in [5.74, 6) is -1.90. The van der Waals surface area contributed by atoms with Gasteiger partial charge in [0.15, 0.2) is 0 Å². The SMILES string of the molecule is NC(=O)c1ccc(C(F)(F)F)c(O)c1. The van der Waals surface area contributed by atoms with Crippen LogP contribution in [0.3, 0.4) is 0 Å². The number of alkyl halides is 3. The van der Waals surface area contributed by atoms with Crippen molar-refractivity contribution in [1.82, 2.24) is 0 Å². The van der Waals surface area contributed by atoms with E-state index in [-0.39, 0.29) is 5.56 Å². The highest BCUT2D eigenvalue weighted by Gasteiger charge is 2.33. The number of halogens is 3. The zero-order valence-electron chi connectivity index (χ0n) is 6.80. The van der Waals surface area contributed by atoms with Gasteiger partial charge in [-0.2, -0.15) is 13.2 Å². The maximum atomic E-state index is 12.1. The molecule has 0 saturated heterocycles. The molecule has 3 nitrogen and oxygen atoms in total. The lowest BCUT2D eigenvalue weighted by molar-refractivity contribution is -0.138. The lowest BCUT2D eigenvalue weighted by atomic mass is 10.1. The van der Waals surface area contributed by atoms with Crippen molar-refractivity contribution in [3.63, 3.8) is 0 Å². The predicted molar refractivity (Wildman–Crippen MR) is 41.6 cm³/mol. The van der Waals surface area contributed by atoms with Crippen LogP contribution >= 0.6 is 0 Å². The smallest absolute Gasteiger partial charge is 0.419 e. The van der Waals surface area contributed by atoms with Gasteiger partial charge >= 0.3 is 6.18 Å². The second kappa shape index (κ2) is 3.21. The van der Waals surface area contributed by atoms with Gasteiger partial charge in [-0.05, 0) is 18.2 Å². The van der Waals surface area contributed by atoms with E-state index in [1.807, 2.05) is 0 Å². The maximum Gasteiger partial charge on any atom is 0.419 e. The molecule has 1 amide bonds. The Morgan fingerprint density at radius 1 is 1.36 bits per heavy atom. The number of carbonyl (C=O) groups is 1. The number of nitrogens with two attached hydrogens (primary N) is 1.